The monoisotopic (exact) mass is 178 g/mol. The third-order valence-electron chi connectivity index (χ3n) is 2.18. The maximum absolute atomic E-state index is 10.7. The maximum Gasteiger partial charge on any atom is 0.222 e. The highest BCUT2D eigenvalue weighted by molar-refractivity contribution is 5.85. The van der Waals surface area contributed by atoms with Crippen LogP contribution in [0.15, 0.2) is 0 Å². The summed E-state index contributed by atoms with van der Waals surface area (Å²) in [5, 5.41) is 0. The fraction of sp³-hybridized carbons (Fsp3) is 0.857. The van der Waals surface area contributed by atoms with Gasteiger partial charge < -0.3 is 11.5 Å². The number of nitrogens with two attached hydrogens (primary N) is 2. The van der Waals surface area contributed by atoms with E-state index >= 15 is 0 Å². The number of primary amides is 1. The molecule has 0 spiro atoms. The number of halogens is 1. The molecule has 0 aliphatic heterocycles. The average Bonchev–Trinajstić information content (AvgIpc) is 1.88. The second kappa shape index (κ2) is 4.57. The lowest BCUT2D eigenvalue weighted by Gasteiger charge is -2.25. The van der Waals surface area contributed by atoms with Crippen molar-refractivity contribution in [3.05, 3.63) is 0 Å². The van der Waals surface area contributed by atoms with Crippen LogP contribution in [0.25, 0.3) is 0 Å². The summed E-state index contributed by atoms with van der Waals surface area (Å²) in [5.74, 6) is -0.291. The molecule has 4 heteroatoms. The second-order valence-corrected chi connectivity index (χ2v) is 2.96. The predicted molar refractivity (Wildman–Crippen MR) is 46.4 cm³/mol. The Morgan fingerprint density at radius 1 is 1.27 bits per heavy atom. The first-order chi connectivity index (χ1) is 4.72. The van der Waals surface area contributed by atoms with E-state index in [1.807, 2.05) is 0 Å². The van der Waals surface area contributed by atoms with E-state index in [0.717, 1.165) is 25.7 Å². The molecule has 0 unspecified atom stereocenters. The number of carbonyl (C=O) groups excluding carboxylic acids is 1. The van der Waals surface area contributed by atoms with Crippen LogP contribution in [0.3, 0.4) is 0 Å². The molecule has 0 bridgehead atoms. The summed E-state index contributed by atoms with van der Waals surface area (Å²) in [5.41, 5.74) is 10.8. The molecule has 1 rings (SSSR count). The van der Waals surface area contributed by atoms with Crippen LogP contribution in [0.1, 0.15) is 25.7 Å². The Labute approximate surface area is 72.9 Å². The van der Waals surface area contributed by atoms with Crippen LogP contribution >= 0.6 is 12.4 Å². The van der Waals surface area contributed by atoms with Crippen molar-refractivity contribution in [2.75, 3.05) is 0 Å². The molecule has 3 nitrogen and oxygen atoms in total. The lowest BCUT2D eigenvalue weighted by Crippen LogP contribution is -2.41. The Bertz CT molecular complexity index is 140. The van der Waals surface area contributed by atoms with Gasteiger partial charge in [-0.05, 0) is 12.8 Å². The summed E-state index contributed by atoms with van der Waals surface area (Å²) in [6.07, 6.45) is 4.08. The van der Waals surface area contributed by atoms with Crippen molar-refractivity contribution in [1.82, 2.24) is 0 Å². The predicted octanol–water partition coefficient (Wildman–Crippen LogP) is 0.411. The van der Waals surface area contributed by atoms with E-state index in [1.54, 1.807) is 0 Å². The van der Waals surface area contributed by atoms with Gasteiger partial charge in [-0.1, -0.05) is 12.8 Å². The topological polar surface area (TPSA) is 69.1 Å². The van der Waals surface area contributed by atoms with E-state index < -0.39 is 0 Å². The molecular formula is C7H15ClN2O. The van der Waals surface area contributed by atoms with Gasteiger partial charge in [0, 0.05) is 6.04 Å². The summed E-state index contributed by atoms with van der Waals surface area (Å²) in [6, 6.07) is 0.0197. The van der Waals surface area contributed by atoms with Gasteiger partial charge in [0.2, 0.25) is 5.91 Å². The lowest BCUT2D eigenvalue weighted by molar-refractivity contribution is -0.123. The van der Waals surface area contributed by atoms with Crippen molar-refractivity contribution in [2.45, 2.75) is 31.7 Å². The van der Waals surface area contributed by atoms with Crippen LogP contribution in [-0.2, 0) is 4.79 Å². The van der Waals surface area contributed by atoms with Crippen molar-refractivity contribution in [3.63, 3.8) is 0 Å². The van der Waals surface area contributed by atoms with Crippen molar-refractivity contribution in [2.24, 2.45) is 17.4 Å². The number of hydrogen-bond donors (Lipinski definition) is 2. The van der Waals surface area contributed by atoms with Gasteiger partial charge in [-0.3, -0.25) is 4.79 Å². The second-order valence-electron chi connectivity index (χ2n) is 2.96. The summed E-state index contributed by atoms with van der Waals surface area (Å²) >= 11 is 0. The Hall–Kier alpha value is -0.280. The van der Waals surface area contributed by atoms with E-state index in [2.05, 4.69) is 0 Å². The molecule has 4 N–H and O–H groups in total. The third-order valence-corrected chi connectivity index (χ3v) is 2.18. The number of carbonyl (C=O) groups is 1. The van der Waals surface area contributed by atoms with Gasteiger partial charge in [-0.15, -0.1) is 12.4 Å². The fourth-order valence-corrected chi connectivity index (χ4v) is 1.51. The smallest absolute Gasteiger partial charge is 0.222 e. The molecule has 1 aliphatic rings. The summed E-state index contributed by atoms with van der Waals surface area (Å²) in [6.45, 7) is 0. The SMILES string of the molecule is Cl.NC(=O)[C@H]1CCCC[C@H]1N. The third kappa shape index (κ3) is 2.67. The first kappa shape index (κ1) is 10.7. The van der Waals surface area contributed by atoms with Crippen LogP contribution < -0.4 is 11.5 Å². The minimum Gasteiger partial charge on any atom is -0.369 e. The highest BCUT2D eigenvalue weighted by Crippen LogP contribution is 2.22. The average molecular weight is 179 g/mol. The highest BCUT2D eigenvalue weighted by atomic mass is 35.5. The summed E-state index contributed by atoms with van der Waals surface area (Å²) in [7, 11) is 0. The molecule has 1 aliphatic carbocycles. The Balaban J connectivity index is 0.000001000. The molecule has 0 radical (unpaired) electrons. The van der Waals surface area contributed by atoms with Crippen molar-refractivity contribution in [1.29, 1.82) is 0 Å². The van der Waals surface area contributed by atoms with Crippen molar-refractivity contribution >= 4 is 18.3 Å². The van der Waals surface area contributed by atoms with Crippen LogP contribution in [0.4, 0.5) is 0 Å². The molecule has 0 aromatic carbocycles. The number of amides is 1. The highest BCUT2D eigenvalue weighted by Gasteiger charge is 2.25. The molecule has 0 saturated heterocycles. The number of hydrogen-bond acceptors (Lipinski definition) is 2. The van der Waals surface area contributed by atoms with Gasteiger partial charge in [0.15, 0.2) is 0 Å². The van der Waals surface area contributed by atoms with Crippen molar-refractivity contribution in [3.8, 4) is 0 Å². The van der Waals surface area contributed by atoms with E-state index in [-0.39, 0.29) is 30.3 Å². The molecule has 0 aromatic heterocycles. The van der Waals surface area contributed by atoms with Crippen LogP contribution in [0.5, 0.6) is 0 Å². The normalized spacial score (nSPS) is 30.6. The zero-order chi connectivity index (χ0) is 7.56. The lowest BCUT2D eigenvalue weighted by atomic mass is 9.85. The van der Waals surface area contributed by atoms with Crippen LogP contribution in [0, 0.1) is 5.92 Å². The molecular weight excluding hydrogens is 164 g/mol. The minimum atomic E-state index is -0.229. The minimum absolute atomic E-state index is 0. The van der Waals surface area contributed by atoms with E-state index in [4.69, 9.17) is 11.5 Å². The first-order valence-corrected chi connectivity index (χ1v) is 3.76. The molecule has 11 heavy (non-hydrogen) atoms. The molecule has 66 valence electrons. The zero-order valence-corrected chi connectivity index (χ0v) is 7.27. The van der Waals surface area contributed by atoms with Gasteiger partial charge in [0.25, 0.3) is 0 Å². The van der Waals surface area contributed by atoms with Gasteiger partial charge >= 0.3 is 0 Å². The number of rotatable bonds is 1. The molecule has 0 heterocycles. The summed E-state index contributed by atoms with van der Waals surface area (Å²) < 4.78 is 0. The van der Waals surface area contributed by atoms with Gasteiger partial charge in [-0.2, -0.15) is 0 Å². The first-order valence-electron chi connectivity index (χ1n) is 3.76. The molecule has 2 atom stereocenters. The molecule has 1 saturated carbocycles. The molecule has 0 aromatic rings. The Kier molecular flexibility index (Phi) is 4.45. The zero-order valence-electron chi connectivity index (χ0n) is 6.45. The van der Waals surface area contributed by atoms with Gasteiger partial charge in [0.05, 0.1) is 5.92 Å². The van der Waals surface area contributed by atoms with Gasteiger partial charge in [0.1, 0.15) is 0 Å². The fourth-order valence-electron chi connectivity index (χ4n) is 1.51. The standard InChI is InChI=1S/C7H14N2O.ClH/c8-6-4-2-1-3-5(6)7(9)10;/h5-6H,1-4,8H2,(H2,9,10);1H/t5-,6+;/m0./s1. The molecule has 1 fully saturated rings. The van der Waals surface area contributed by atoms with Gasteiger partial charge in [-0.25, -0.2) is 0 Å². The van der Waals surface area contributed by atoms with E-state index in [1.165, 1.54) is 0 Å². The molecule has 1 amide bonds. The van der Waals surface area contributed by atoms with E-state index in [9.17, 15) is 4.79 Å². The Morgan fingerprint density at radius 2 is 1.82 bits per heavy atom. The van der Waals surface area contributed by atoms with Crippen LogP contribution in [-0.4, -0.2) is 11.9 Å². The van der Waals surface area contributed by atoms with E-state index in [0.29, 0.717) is 0 Å². The Morgan fingerprint density at radius 3 is 2.18 bits per heavy atom. The van der Waals surface area contributed by atoms with Crippen LogP contribution in [0.2, 0.25) is 0 Å². The van der Waals surface area contributed by atoms with Crippen molar-refractivity contribution < 1.29 is 4.79 Å². The maximum atomic E-state index is 10.7. The summed E-state index contributed by atoms with van der Waals surface area (Å²) in [4.78, 5) is 10.7. The largest absolute Gasteiger partial charge is 0.369 e. The quantitative estimate of drug-likeness (QED) is 0.611.